The lowest BCUT2D eigenvalue weighted by atomic mass is 9.95. The second kappa shape index (κ2) is 7.30. The van der Waals surface area contributed by atoms with Gasteiger partial charge in [0, 0.05) is 44.9 Å². The molecule has 1 aromatic rings. The summed E-state index contributed by atoms with van der Waals surface area (Å²) in [5, 5.41) is 0. The molecule has 1 aromatic heterocycles. The van der Waals surface area contributed by atoms with E-state index in [1.807, 2.05) is 6.20 Å². The van der Waals surface area contributed by atoms with Gasteiger partial charge in [-0.15, -0.1) is 0 Å². The third-order valence-corrected chi connectivity index (χ3v) is 5.48. The number of aromatic nitrogens is 2. The van der Waals surface area contributed by atoms with Crippen molar-refractivity contribution < 1.29 is 4.79 Å². The van der Waals surface area contributed by atoms with E-state index in [4.69, 9.17) is 0 Å². The molecule has 1 amide bonds. The zero-order chi connectivity index (χ0) is 15.4. The Morgan fingerprint density at radius 3 is 2.59 bits per heavy atom. The Morgan fingerprint density at radius 1 is 1.18 bits per heavy atom. The van der Waals surface area contributed by atoms with E-state index in [-0.39, 0.29) is 0 Å². The van der Waals surface area contributed by atoms with Gasteiger partial charge in [-0.3, -0.25) is 4.79 Å². The van der Waals surface area contributed by atoms with Gasteiger partial charge in [0.1, 0.15) is 5.82 Å². The first-order valence-electron chi connectivity index (χ1n) is 9.04. The van der Waals surface area contributed by atoms with Gasteiger partial charge in [-0.25, -0.2) is 4.98 Å². The van der Waals surface area contributed by atoms with E-state index in [9.17, 15) is 4.79 Å². The van der Waals surface area contributed by atoms with Crippen molar-refractivity contribution in [2.24, 2.45) is 11.8 Å². The molecule has 122 valence electrons. The molecule has 1 aliphatic carbocycles. The predicted octanol–water partition coefficient (Wildman–Crippen LogP) is 3.26. The summed E-state index contributed by atoms with van der Waals surface area (Å²) in [7, 11) is 0. The third-order valence-electron chi connectivity index (χ3n) is 5.48. The maximum absolute atomic E-state index is 12.4. The largest absolute Gasteiger partial charge is 0.343 e. The van der Waals surface area contributed by atoms with Crippen molar-refractivity contribution in [2.45, 2.75) is 64.8 Å². The molecule has 2 fully saturated rings. The van der Waals surface area contributed by atoms with Crippen molar-refractivity contribution in [1.82, 2.24) is 14.5 Å². The van der Waals surface area contributed by atoms with Crippen molar-refractivity contribution in [1.29, 1.82) is 0 Å². The van der Waals surface area contributed by atoms with Crippen LogP contribution in [0.1, 0.15) is 57.7 Å². The summed E-state index contributed by atoms with van der Waals surface area (Å²) < 4.78 is 2.29. The number of hydrogen-bond acceptors (Lipinski definition) is 2. The van der Waals surface area contributed by atoms with Crippen LogP contribution >= 0.6 is 0 Å². The minimum absolute atomic E-state index is 0.405. The van der Waals surface area contributed by atoms with Gasteiger partial charge in [-0.05, 0) is 37.5 Å². The monoisotopic (exact) mass is 303 g/mol. The van der Waals surface area contributed by atoms with Gasteiger partial charge in [-0.1, -0.05) is 19.8 Å². The van der Waals surface area contributed by atoms with Crippen LogP contribution in [0.5, 0.6) is 0 Å². The number of carbonyl (C=O) groups is 1. The fraction of sp³-hybridized carbons (Fsp3) is 0.778. The topological polar surface area (TPSA) is 38.1 Å². The van der Waals surface area contributed by atoms with Crippen molar-refractivity contribution in [3.05, 3.63) is 18.2 Å². The Bertz CT molecular complexity index is 482. The van der Waals surface area contributed by atoms with E-state index in [1.54, 1.807) is 0 Å². The van der Waals surface area contributed by atoms with Crippen LogP contribution < -0.4 is 0 Å². The number of piperidine rings is 1. The van der Waals surface area contributed by atoms with E-state index in [2.05, 4.69) is 27.6 Å². The van der Waals surface area contributed by atoms with E-state index >= 15 is 0 Å². The first-order valence-corrected chi connectivity index (χ1v) is 9.04. The highest BCUT2D eigenvalue weighted by molar-refractivity contribution is 5.76. The highest BCUT2D eigenvalue weighted by Crippen LogP contribution is 2.29. The highest BCUT2D eigenvalue weighted by atomic mass is 16.2. The standard InChI is InChI=1S/C18H29N3O/c1-2-17-19-9-12-21(17)14-16-7-10-20(11-8-16)18(22)13-15-5-3-4-6-15/h9,12,15-16H,2-8,10-11,13-14H2,1H3. The molecule has 0 spiro atoms. The molecule has 4 heteroatoms. The van der Waals surface area contributed by atoms with Gasteiger partial charge < -0.3 is 9.47 Å². The van der Waals surface area contributed by atoms with Crippen molar-refractivity contribution in [3.63, 3.8) is 0 Å². The number of carbonyl (C=O) groups excluding carboxylic acids is 1. The molecule has 1 aliphatic heterocycles. The zero-order valence-corrected chi connectivity index (χ0v) is 13.8. The normalized spacial score (nSPS) is 20.7. The lowest BCUT2D eigenvalue weighted by Gasteiger charge is -2.33. The SMILES string of the molecule is CCc1nccn1CC1CCN(C(=O)CC2CCCC2)CC1. The van der Waals surface area contributed by atoms with Crippen LogP contribution in [0.15, 0.2) is 12.4 Å². The van der Waals surface area contributed by atoms with Crippen LogP contribution in [0.4, 0.5) is 0 Å². The van der Waals surface area contributed by atoms with Gasteiger partial charge in [0.2, 0.25) is 5.91 Å². The molecule has 22 heavy (non-hydrogen) atoms. The smallest absolute Gasteiger partial charge is 0.222 e. The van der Waals surface area contributed by atoms with Gasteiger partial charge in [0.05, 0.1) is 0 Å². The summed E-state index contributed by atoms with van der Waals surface area (Å²) in [4.78, 5) is 18.9. The Hall–Kier alpha value is -1.32. The minimum Gasteiger partial charge on any atom is -0.343 e. The van der Waals surface area contributed by atoms with Crippen molar-refractivity contribution >= 4 is 5.91 Å². The Kier molecular flexibility index (Phi) is 5.16. The average molecular weight is 303 g/mol. The lowest BCUT2D eigenvalue weighted by Crippen LogP contribution is -2.39. The van der Waals surface area contributed by atoms with Crippen LogP contribution in [0.2, 0.25) is 0 Å². The van der Waals surface area contributed by atoms with Crippen LogP contribution in [-0.4, -0.2) is 33.4 Å². The quantitative estimate of drug-likeness (QED) is 0.837. The molecule has 0 bridgehead atoms. The molecular formula is C18H29N3O. The maximum atomic E-state index is 12.4. The van der Waals surface area contributed by atoms with Crippen molar-refractivity contribution in [2.75, 3.05) is 13.1 Å². The maximum Gasteiger partial charge on any atom is 0.222 e. The van der Waals surface area contributed by atoms with Crippen LogP contribution in [-0.2, 0) is 17.8 Å². The number of hydrogen-bond donors (Lipinski definition) is 0. The molecule has 3 rings (SSSR count). The number of likely N-dealkylation sites (tertiary alicyclic amines) is 1. The average Bonchev–Trinajstić information content (AvgIpc) is 3.19. The number of amides is 1. The number of imidazole rings is 1. The lowest BCUT2D eigenvalue weighted by molar-refractivity contribution is -0.133. The summed E-state index contributed by atoms with van der Waals surface area (Å²) in [6, 6.07) is 0. The fourth-order valence-electron chi connectivity index (χ4n) is 4.05. The number of nitrogens with zero attached hydrogens (tertiary/aromatic N) is 3. The number of rotatable bonds is 5. The molecule has 4 nitrogen and oxygen atoms in total. The van der Waals surface area contributed by atoms with E-state index in [1.165, 1.54) is 31.5 Å². The van der Waals surface area contributed by atoms with Crippen LogP contribution in [0.3, 0.4) is 0 Å². The summed E-state index contributed by atoms with van der Waals surface area (Å²) >= 11 is 0. The van der Waals surface area contributed by atoms with Crippen molar-refractivity contribution in [3.8, 4) is 0 Å². The molecule has 2 heterocycles. The Labute approximate surface area is 133 Å². The van der Waals surface area contributed by atoms with Gasteiger partial charge in [0.15, 0.2) is 0 Å². The molecule has 1 saturated carbocycles. The second-order valence-electron chi connectivity index (χ2n) is 7.03. The Balaban J connectivity index is 1.44. The van der Waals surface area contributed by atoms with E-state index < -0.39 is 0 Å². The molecule has 2 aliphatic rings. The first-order chi connectivity index (χ1) is 10.8. The summed E-state index contributed by atoms with van der Waals surface area (Å²) in [5.41, 5.74) is 0. The predicted molar refractivity (Wildman–Crippen MR) is 87.5 cm³/mol. The van der Waals surface area contributed by atoms with Crippen LogP contribution in [0.25, 0.3) is 0 Å². The fourth-order valence-corrected chi connectivity index (χ4v) is 4.05. The minimum atomic E-state index is 0.405. The van der Waals surface area contributed by atoms with Gasteiger partial charge >= 0.3 is 0 Å². The van der Waals surface area contributed by atoms with E-state index in [0.29, 0.717) is 17.7 Å². The molecular weight excluding hydrogens is 274 g/mol. The number of aryl methyl sites for hydroxylation is 1. The second-order valence-corrected chi connectivity index (χ2v) is 7.03. The molecule has 0 aromatic carbocycles. The third kappa shape index (κ3) is 3.71. The summed E-state index contributed by atoms with van der Waals surface area (Å²) in [6.45, 7) is 5.12. The highest BCUT2D eigenvalue weighted by Gasteiger charge is 2.26. The van der Waals surface area contributed by atoms with E-state index in [0.717, 1.165) is 45.3 Å². The van der Waals surface area contributed by atoms with Gasteiger partial charge in [0.25, 0.3) is 0 Å². The Morgan fingerprint density at radius 2 is 1.91 bits per heavy atom. The molecule has 0 atom stereocenters. The summed E-state index contributed by atoms with van der Waals surface area (Å²) in [6.07, 6.45) is 13.2. The summed E-state index contributed by atoms with van der Waals surface area (Å²) in [5.74, 6) is 2.94. The zero-order valence-electron chi connectivity index (χ0n) is 13.8. The molecule has 0 N–H and O–H groups in total. The molecule has 0 radical (unpaired) electrons. The molecule has 1 saturated heterocycles. The first kappa shape index (κ1) is 15.6. The molecule has 0 unspecified atom stereocenters. The van der Waals surface area contributed by atoms with Gasteiger partial charge in [-0.2, -0.15) is 0 Å². The van der Waals surface area contributed by atoms with Crippen LogP contribution in [0, 0.1) is 11.8 Å².